The predicted molar refractivity (Wildman–Crippen MR) is 92.0 cm³/mol. The maximum Gasteiger partial charge on any atom is 0.253 e. The molecule has 1 aromatic carbocycles. The molecule has 0 N–H and O–H groups in total. The molecule has 5 nitrogen and oxygen atoms in total. The fourth-order valence-electron chi connectivity index (χ4n) is 4.11. The minimum absolute atomic E-state index is 0.0641. The van der Waals surface area contributed by atoms with Crippen LogP contribution in [0.5, 0.6) is 0 Å². The maximum absolute atomic E-state index is 12.8. The van der Waals surface area contributed by atoms with Gasteiger partial charge < -0.3 is 14.4 Å². The van der Waals surface area contributed by atoms with Crippen molar-refractivity contribution in [3.05, 3.63) is 29.8 Å². The molecule has 0 bridgehead atoms. The summed E-state index contributed by atoms with van der Waals surface area (Å²) in [4.78, 5) is 17.3. The summed E-state index contributed by atoms with van der Waals surface area (Å²) in [5, 5.41) is 0. The number of carbonyl (C=O) groups excluding carboxylic acids is 1. The molecule has 0 unspecified atom stereocenters. The normalized spacial score (nSPS) is 26.9. The Hall–Kier alpha value is -1.43. The van der Waals surface area contributed by atoms with Crippen LogP contribution < -0.4 is 4.90 Å². The van der Waals surface area contributed by atoms with E-state index >= 15 is 0 Å². The zero-order valence-electron chi connectivity index (χ0n) is 14.2. The summed E-state index contributed by atoms with van der Waals surface area (Å²) in [5.41, 5.74) is 2.30. The molecule has 0 saturated carbocycles. The number of ether oxygens (including phenoxy) is 2. The molecule has 0 aliphatic carbocycles. The van der Waals surface area contributed by atoms with Gasteiger partial charge in [-0.15, -0.1) is 0 Å². The molecule has 2 atom stereocenters. The third-order valence-electron chi connectivity index (χ3n) is 5.40. The van der Waals surface area contributed by atoms with Crippen molar-refractivity contribution in [1.82, 2.24) is 4.90 Å². The molecule has 3 aliphatic heterocycles. The fraction of sp³-hybridized carbons (Fsp3) is 0.632. The number of para-hydroxylation sites is 1. The second-order valence-electron chi connectivity index (χ2n) is 7.05. The number of amides is 1. The summed E-state index contributed by atoms with van der Waals surface area (Å²) in [7, 11) is 0. The molecule has 3 aliphatic rings. The Morgan fingerprint density at radius 2 is 2.17 bits per heavy atom. The lowest BCUT2D eigenvalue weighted by molar-refractivity contribution is -0.124. The third kappa shape index (κ3) is 3.34. The lowest BCUT2D eigenvalue weighted by Crippen LogP contribution is -2.42. The molecule has 0 aromatic heterocycles. The Bertz CT molecular complexity index is 586. The molecule has 0 radical (unpaired) electrons. The van der Waals surface area contributed by atoms with Crippen LogP contribution >= 0.6 is 0 Å². The molecule has 1 aromatic rings. The third-order valence-corrected chi connectivity index (χ3v) is 5.40. The van der Waals surface area contributed by atoms with E-state index in [9.17, 15) is 4.79 Å². The standard InChI is InChI=1S/C19H26N2O3/c22-19(14-23-13-17-7-4-10-24-17)21-12-16-6-3-9-20(16)11-15-5-1-2-8-18(15)21/h1-2,5,8,16-17H,3-4,6-7,9-14H2/t16-,17-/m0/s1. The first-order valence-electron chi connectivity index (χ1n) is 9.13. The van der Waals surface area contributed by atoms with Gasteiger partial charge in [0.25, 0.3) is 5.91 Å². The fourth-order valence-corrected chi connectivity index (χ4v) is 4.11. The predicted octanol–water partition coefficient (Wildman–Crippen LogP) is 2.19. The van der Waals surface area contributed by atoms with Gasteiger partial charge in [0, 0.05) is 31.4 Å². The van der Waals surface area contributed by atoms with Gasteiger partial charge in [0.15, 0.2) is 0 Å². The van der Waals surface area contributed by atoms with Crippen molar-refractivity contribution in [2.24, 2.45) is 0 Å². The summed E-state index contributed by atoms with van der Waals surface area (Å²) in [6, 6.07) is 8.76. The van der Waals surface area contributed by atoms with Crippen LogP contribution in [0.25, 0.3) is 0 Å². The maximum atomic E-state index is 12.8. The van der Waals surface area contributed by atoms with Gasteiger partial charge in [-0.2, -0.15) is 0 Å². The van der Waals surface area contributed by atoms with E-state index < -0.39 is 0 Å². The summed E-state index contributed by atoms with van der Waals surface area (Å²) in [6.07, 6.45) is 4.70. The number of hydrogen-bond acceptors (Lipinski definition) is 4. The van der Waals surface area contributed by atoms with Crippen molar-refractivity contribution in [3.63, 3.8) is 0 Å². The van der Waals surface area contributed by atoms with E-state index in [1.54, 1.807) is 0 Å². The molecule has 5 heteroatoms. The number of hydrogen-bond donors (Lipinski definition) is 0. The quantitative estimate of drug-likeness (QED) is 0.849. The minimum Gasteiger partial charge on any atom is -0.376 e. The average molecular weight is 330 g/mol. The number of fused-ring (bicyclic) bond motifs is 2. The van der Waals surface area contributed by atoms with Crippen LogP contribution in [0.4, 0.5) is 5.69 Å². The van der Waals surface area contributed by atoms with E-state index in [4.69, 9.17) is 9.47 Å². The monoisotopic (exact) mass is 330 g/mol. The van der Waals surface area contributed by atoms with Crippen LogP contribution in [0.15, 0.2) is 24.3 Å². The van der Waals surface area contributed by atoms with Crippen molar-refractivity contribution in [2.75, 3.05) is 37.8 Å². The van der Waals surface area contributed by atoms with Crippen molar-refractivity contribution in [2.45, 2.75) is 44.4 Å². The Balaban J connectivity index is 1.44. The van der Waals surface area contributed by atoms with E-state index in [2.05, 4.69) is 23.1 Å². The minimum atomic E-state index is 0.0641. The number of nitrogens with zero attached hydrogens (tertiary/aromatic N) is 2. The summed E-state index contributed by atoms with van der Waals surface area (Å²) >= 11 is 0. The van der Waals surface area contributed by atoms with Gasteiger partial charge >= 0.3 is 0 Å². The lowest BCUT2D eigenvalue weighted by atomic mass is 10.1. The highest BCUT2D eigenvalue weighted by molar-refractivity contribution is 5.95. The zero-order chi connectivity index (χ0) is 16.4. The highest BCUT2D eigenvalue weighted by atomic mass is 16.5. The molecule has 2 saturated heterocycles. The largest absolute Gasteiger partial charge is 0.376 e. The first-order valence-corrected chi connectivity index (χ1v) is 9.13. The first-order chi connectivity index (χ1) is 11.8. The molecular weight excluding hydrogens is 304 g/mol. The van der Waals surface area contributed by atoms with Crippen LogP contribution in [0.1, 0.15) is 31.2 Å². The average Bonchev–Trinajstić information content (AvgIpc) is 3.23. The second-order valence-corrected chi connectivity index (χ2v) is 7.05. The van der Waals surface area contributed by atoms with Crippen molar-refractivity contribution in [3.8, 4) is 0 Å². The van der Waals surface area contributed by atoms with Gasteiger partial charge in [0.1, 0.15) is 6.61 Å². The van der Waals surface area contributed by atoms with Crippen LogP contribution in [0.2, 0.25) is 0 Å². The van der Waals surface area contributed by atoms with Crippen LogP contribution in [0.3, 0.4) is 0 Å². The van der Waals surface area contributed by atoms with Crippen LogP contribution in [0, 0.1) is 0 Å². The highest BCUT2D eigenvalue weighted by Gasteiger charge is 2.33. The Morgan fingerprint density at radius 3 is 3.04 bits per heavy atom. The summed E-state index contributed by atoms with van der Waals surface area (Å²) < 4.78 is 11.2. The number of benzene rings is 1. The molecule has 1 amide bonds. The Kier molecular flexibility index (Phi) is 4.83. The number of anilines is 1. The summed E-state index contributed by atoms with van der Waals surface area (Å²) in [5.74, 6) is 0.0641. The van der Waals surface area contributed by atoms with Gasteiger partial charge in [-0.1, -0.05) is 18.2 Å². The lowest BCUT2D eigenvalue weighted by Gasteiger charge is -2.26. The number of rotatable bonds is 4. The first kappa shape index (κ1) is 16.1. The van der Waals surface area contributed by atoms with Crippen LogP contribution in [-0.2, 0) is 20.8 Å². The van der Waals surface area contributed by atoms with E-state index in [1.807, 2.05) is 11.0 Å². The molecule has 130 valence electrons. The van der Waals surface area contributed by atoms with Crippen LogP contribution in [-0.4, -0.2) is 55.9 Å². The SMILES string of the molecule is O=C(COC[C@@H]1CCCO1)N1C[C@@H]2CCCN2Cc2ccccc21. The van der Waals surface area contributed by atoms with E-state index in [0.29, 0.717) is 12.6 Å². The molecule has 0 spiro atoms. The number of carbonyl (C=O) groups is 1. The molecule has 4 rings (SSSR count). The van der Waals surface area contributed by atoms with Crippen molar-refractivity contribution >= 4 is 11.6 Å². The van der Waals surface area contributed by atoms with Crippen molar-refractivity contribution < 1.29 is 14.3 Å². The van der Waals surface area contributed by atoms with Gasteiger partial charge in [0.05, 0.1) is 12.7 Å². The zero-order valence-corrected chi connectivity index (χ0v) is 14.2. The molecule has 3 heterocycles. The topological polar surface area (TPSA) is 42.0 Å². The van der Waals surface area contributed by atoms with Gasteiger partial charge in [-0.25, -0.2) is 0 Å². The van der Waals surface area contributed by atoms with E-state index in [1.165, 1.54) is 18.4 Å². The molecule has 24 heavy (non-hydrogen) atoms. The van der Waals surface area contributed by atoms with Gasteiger partial charge in [-0.05, 0) is 43.9 Å². The van der Waals surface area contributed by atoms with Gasteiger partial charge in [0.2, 0.25) is 0 Å². The Labute approximate surface area is 143 Å². The van der Waals surface area contributed by atoms with Crippen molar-refractivity contribution in [1.29, 1.82) is 0 Å². The summed E-state index contributed by atoms with van der Waals surface area (Å²) in [6.45, 7) is 4.34. The second kappa shape index (κ2) is 7.21. The Morgan fingerprint density at radius 1 is 1.25 bits per heavy atom. The van der Waals surface area contributed by atoms with E-state index in [-0.39, 0.29) is 18.6 Å². The molecule has 2 fully saturated rings. The smallest absolute Gasteiger partial charge is 0.253 e. The van der Waals surface area contributed by atoms with E-state index in [0.717, 1.165) is 44.8 Å². The highest BCUT2D eigenvalue weighted by Crippen LogP contribution is 2.31. The van der Waals surface area contributed by atoms with Gasteiger partial charge in [-0.3, -0.25) is 9.69 Å². The molecular formula is C19H26N2O3.